The van der Waals surface area contributed by atoms with E-state index in [-0.39, 0.29) is 5.92 Å². The monoisotopic (exact) mass is 293 g/mol. The van der Waals surface area contributed by atoms with Gasteiger partial charge in [0.15, 0.2) is 0 Å². The van der Waals surface area contributed by atoms with Crippen molar-refractivity contribution in [3.05, 3.63) is 65.7 Å². The maximum atomic E-state index is 9.03. The number of hydrogen-bond donors (Lipinski definition) is 1. The van der Waals surface area contributed by atoms with Gasteiger partial charge in [-0.15, -0.1) is 0 Å². The Morgan fingerprint density at radius 1 is 0.909 bits per heavy atom. The third kappa shape index (κ3) is 3.24. The van der Waals surface area contributed by atoms with E-state index < -0.39 is 0 Å². The molecule has 0 aromatic heterocycles. The number of rotatable bonds is 3. The summed E-state index contributed by atoms with van der Waals surface area (Å²) in [6, 6.07) is 18.4. The molecule has 1 fully saturated rings. The van der Waals surface area contributed by atoms with Crippen LogP contribution in [0, 0.1) is 12.0 Å². The maximum absolute atomic E-state index is 9.03. The molecule has 1 saturated heterocycles. The number of ether oxygens (including phenoxy) is 1. The van der Waals surface area contributed by atoms with Crippen LogP contribution in [0.2, 0.25) is 0 Å². The lowest BCUT2D eigenvalue weighted by Crippen LogP contribution is -2.36. The van der Waals surface area contributed by atoms with Crippen molar-refractivity contribution in [3.63, 3.8) is 0 Å². The molecule has 112 valence electrons. The van der Waals surface area contributed by atoms with Gasteiger partial charge >= 0.3 is 0 Å². The largest absolute Gasteiger partial charge is 0.462 e. The van der Waals surface area contributed by atoms with Crippen LogP contribution in [-0.4, -0.2) is 31.4 Å². The van der Waals surface area contributed by atoms with E-state index in [9.17, 15) is 0 Å². The average Bonchev–Trinajstić information content (AvgIpc) is 2.61. The topological polar surface area (TPSA) is 32.7 Å². The first-order valence-electron chi connectivity index (χ1n) is 7.51. The van der Waals surface area contributed by atoms with Crippen LogP contribution in [0.15, 0.2) is 54.6 Å². The van der Waals surface area contributed by atoms with Crippen molar-refractivity contribution in [2.24, 2.45) is 0 Å². The van der Waals surface area contributed by atoms with E-state index in [1.54, 1.807) is 0 Å². The molecular formula is C19H19NO2. The lowest BCUT2D eigenvalue weighted by atomic mass is 9.92. The molecule has 1 unspecified atom stereocenters. The van der Waals surface area contributed by atoms with Gasteiger partial charge < -0.3 is 14.7 Å². The Bertz CT molecular complexity index is 649. The van der Waals surface area contributed by atoms with Gasteiger partial charge in [-0.1, -0.05) is 42.5 Å². The van der Waals surface area contributed by atoms with Crippen LogP contribution in [0.1, 0.15) is 17.0 Å². The first kappa shape index (κ1) is 14.5. The number of aliphatic hydroxyl groups is 1. The van der Waals surface area contributed by atoms with Gasteiger partial charge in [0.1, 0.15) is 6.11 Å². The van der Waals surface area contributed by atoms with Crippen LogP contribution in [0.5, 0.6) is 0 Å². The summed E-state index contributed by atoms with van der Waals surface area (Å²) in [6.45, 7) is 3.42. The maximum Gasteiger partial charge on any atom is 0.108 e. The lowest BCUT2D eigenvalue weighted by molar-refractivity contribution is 0.122. The molecule has 0 aliphatic carbocycles. The zero-order valence-corrected chi connectivity index (χ0v) is 12.4. The molecule has 1 N–H and O–H groups in total. The highest BCUT2D eigenvalue weighted by atomic mass is 16.5. The van der Waals surface area contributed by atoms with Crippen molar-refractivity contribution in [2.75, 3.05) is 31.2 Å². The molecule has 0 amide bonds. The van der Waals surface area contributed by atoms with Gasteiger partial charge in [-0.25, -0.2) is 0 Å². The second-order valence-corrected chi connectivity index (χ2v) is 5.29. The van der Waals surface area contributed by atoms with Crippen LogP contribution in [-0.2, 0) is 4.74 Å². The van der Waals surface area contributed by atoms with Crippen molar-refractivity contribution in [1.29, 1.82) is 0 Å². The van der Waals surface area contributed by atoms with Crippen LogP contribution < -0.4 is 4.90 Å². The molecule has 3 rings (SSSR count). The fraction of sp³-hybridized carbons (Fsp3) is 0.263. The average molecular weight is 293 g/mol. The van der Waals surface area contributed by atoms with E-state index in [1.165, 1.54) is 5.69 Å². The molecule has 0 bridgehead atoms. The van der Waals surface area contributed by atoms with Crippen molar-refractivity contribution in [1.82, 2.24) is 0 Å². The molecule has 2 aromatic carbocycles. The second-order valence-electron chi connectivity index (χ2n) is 5.29. The SMILES string of the molecule is OC#CC(c1ccccc1)c1ccc(N2CCOCC2)cc1. The zero-order chi connectivity index (χ0) is 15.2. The summed E-state index contributed by atoms with van der Waals surface area (Å²) in [7, 11) is 0. The van der Waals surface area contributed by atoms with Crippen molar-refractivity contribution >= 4 is 5.69 Å². The van der Waals surface area contributed by atoms with Crippen LogP contribution >= 0.6 is 0 Å². The van der Waals surface area contributed by atoms with E-state index in [0.29, 0.717) is 0 Å². The molecule has 1 atom stereocenters. The minimum absolute atomic E-state index is 0.107. The summed E-state index contributed by atoms with van der Waals surface area (Å²) < 4.78 is 5.39. The first-order valence-corrected chi connectivity index (χ1v) is 7.51. The number of hydrogen-bond acceptors (Lipinski definition) is 3. The number of morpholine rings is 1. The summed E-state index contributed by atoms with van der Waals surface area (Å²) in [5.74, 6) is 2.78. The molecule has 0 spiro atoms. The summed E-state index contributed by atoms with van der Waals surface area (Å²) in [6.07, 6.45) is 2.07. The third-order valence-corrected chi connectivity index (χ3v) is 3.94. The Morgan fingerprint density at radius 3 is 2.18 bits per heavy atom. The Hall–Kier alpha value is -2.44. The Kier molecular flexibility index (Phi) is 4.62. The highest BCUT2D eigenvalue weighted by Gasteiger charge is 2.14. The Morgan fingerprint density at radius 2 is 1.55 bits per heavy atom. The molecule has 2 aromatic rings. The lowest BCUT2D eigenvalue weighted by Gasteiger charge is -2.29. The normalized spacial score (nSPS) is 15.7. The zero-order valence-electron chi connectivity index (χ0n) is 12.4. The minimum Gasteiger partial charge on any atom is -0.462 e. The van der Waals surface area contributed by atoms with Crippen molar-refractivity contribution in [3.8, 4) is 12.0 Å². The van der Waals surface area contributed by atoms with Gasteiger partial charge in [0, 0.05) is 18.8 Å². The highest BCUT2D eigenvalue weighted by Crippen LogP contribution is 2.26. The number of anilines is 1. The summed E-state index contributed by atoms with van der Waals surface area (Å²) in [5, 5.41) is 9.03. The predicted octanol–water partition coefficient (Wildman–Crippen LogP) is 2.99. The molecule has 22 heavy (non-hydrogen) atoms. The first-order chi connectivity index (χ1) is 10.9. The highest BCUT2D eigenvalue weighted by molar-refractivity contribution is 5.51. The molecule has 1 aliphatic rings. The van der Waals surface area contributed by atoms with Crippen LogP contribution in [0.3, 0.4) is 0 Å². The molecule has 0 saturated carbocycles. The van der Waals surface area contributed by atoms with Crippen molar-refractivity contribution < 1.29 is 9.84 Å². The van der Waals surface area contributed by atoms with E-state index >= 15 is 0 Å². The quantitative estimate of drug-likeness (QED) is 0.883. The molecular weight excluding hydrogens is 274 g/mol. The van der Waals surface area contributed by atoms with E-state index in [0.717, 1.165) is 37.4 Å². The Balaban J connectivity index is 1.84. The van der Waals surface area contributed by atoms with Gasteiger partial charge in [-0.3, -0.25) is 0 Å². The number of benzene rings is 2. The predicted molar refractivity (Wildman–Crippen MR) is 87.5 cm³/mol. The second kappa shape index (κ2) is 7.02. The van der Waals surface area contributed by atoms with E-state index in [2.05, 4.69) is 41.2 Å². The van der Waals surface area contributed by atoms with E-state index in [1.807, 2.05) is 30.3 Å². The molecule has 3 nitrogen and oxygen atoms in total. The Labute approximate surface area is 131 Å². The summed E-state index contributed by atoms with van der Waals surface area (Å²) >= 11 is 0. The van der Waals surface area contributed by atoms with Gasteiger partial charge in [-0.05, 0) is 29.2 Å². The smallest absolute Gasteiger partial charge is 0.108 e. The molecule has 1 aliphatic heterocycles. The van der Waals surface area contributed by atoms with Crippen LogP contribution in [0.4, 0.5) is 5.69 Å². The van der Waals surface area contributed by atoms with Gasteiger partial charge in [0.25, 0.3) is 0 Å². The van der Waals surface area contributed by atoms with Gasteiger partial charge in [0.2, 0.25) is 0 Å². The standard InChI is InChI=1S/C19H19NO2/c21-13-10-19(16-4-2-1-3-5-16)17-6-8-18(9-7-17)20-11-14-22-15-12-20/h1-9,19,21H,11-12,14-15H2. The fourth-order valence-electron chi connectivity index (χ4n) is 2.77. The third-order valence-electron chi connectivity index (χ3n) is 3.94. The van der Waals surface area contributed by atoms with Gasteiger partial charge in [-0.2, -0.15) is 0 Å². The van der Waals surface area contributed by atoms with Gasteiger partial charge in [0.05, 0.1) is 19.1 Å². The minimum atomic E-state index is -0.107. The molecule has 3 heteroatoms. The molecule has 0 radical (unpaired) electrons. The summed E-state index contributed by atoms with van der Waals surface area (Å²) in [5.41, 5.74) is 3.38. The fourth-order valence-corrected chi connectivity index (χ4v) is 2.77. The van der Waals surface area contributed by atoms with Crippen LogP contribution in [0.25, 0.3) is 0 Å². The summed E-state index contributed by atoms with van der Waals surface area (Å²) in [4.78, 5) is 2.32. The number of aliphatic hydroxyl groups excluding tert-OH is 1. The van der Waals surface area contributed by atoms with E-state index in [4.69, 9.17) is 9.84 Å². The van der Waals surface area contributed by atoms with Crippen molar-refractivity contribution in [2.45, 2.75) is 5.92 Å². The number of nitrogens with zero attached hydrogens (tertiary/aromatic N) is 1. The molecule has 1 heterocycles.